The summed E-state index contributed by atoms with van der Waals surface area (Å²) < 4.78 is 44.0. The van der Waals surface area contributed by atoms with E-state index in [0.717, 1.165) is 25.6 Å². The third-order valence-electron chi connectivity index (χ3n) is 2.46. The Labute approximate surface area is 105 Å². The van der Waals surface area contributed by atoms with Crippen LogP contribution in [0.5, 0.6) is 0 Å². The molecular formula is C13H18F3NO. The third-order valence-corrected chi connectivity index (χ3v) is 2.46. The number of hydrogen-bond donors (Lipinski definition) is 1. The van der Waals surface area contributed by atoms with Gasteiger partial charge in [0.05, 0.1) is 13.2 Å². The average molecular weight is 261 g/mol. The lowest BCUT2D eigenvalue weighted by Gasteiger charge is -2.06. The third kappa shape index (κ3) is 5.06. The minimum atomic E-state index is -1.17. The van der Waals surface area contributed by atoms with Crippen LogP contribution in [0.3, 0.4) is 0 Å². The molecule has 0 unspecified atom stereocenters. The van der Waals surface area contributed by atoms with E-state index in [1.807, 2.05) is 0 Å². The summed E-state index contributed by atoms with van der Waals surface area (Å²) in [6.45, 7) is 4.54. The van der Waals surface area contributed by atoms with Crippen molar-refractivity contribution in [2.45, 2.75) is 19.8 Å². The van der Waals surface area contributed by atoms with Gasteiger partial charge in [-0.25, -0.2) is 13.2 Å². The smallest absolute Gasteiger partial charge is 0.161 e. The van der Waals surface area contributed by atoms with E-state index in [2.05, 4.69) is 12.2 Å². The number of hydrogen-bond acceptors (Lipinski definition) is 2. The van der Waals surface area contributed by atoms with E-state index in [1.54, 1.807) is 0 Å². The summed E-state index contributed by atoms with van der Waals surface area (Å²) in [6, 6.07) is 1.44. The lowest BCUT2D eigenvalue weighted by Crippen LogP contribution is -2.20. The molecule has 1 N–H and O–H groups in total. The number of benzene rings is 1. The maximum atomic E-state index is 13.2. The van der Waals surface area contributed by atoms with Crippen molar-refractivity contribution in [2.24, 2.45) is 0 Å². The van der Waals surface area contributed by atoms with E-state index in [-0.39, 0.29) is 18.6 Å². The van der Waals surface area contributed by atoms with Crippen LogP contribution in [0.25, 0.3) is 0 Å². The van der Waals surface area contributed by atoms with Gasteiger partial charge in [-0.05, 0) is 31.0 Å². The summed E-state index contributed by atoms with van der Waals surface area (Å²) in [4.78, 5) is 0. The van der Waals surface area contributed by atoms with Crippen molar-refractivity contribution in [1.29, 1.82) is 0 Å². The molecule has 1 aromatic rings. The standard InChI is InChI=1S/C13H18F3NO/c1-2-4-17-5-7-18-6-3-10-8-12(15)13(16)9-11(10)14/h8-9,17H,2-7H2,1H3. The maximum Gasteiger partial charge on any atom is 0.161 e. The predicted octanol–water partition coefficient (Wildman–Crippen LogP) is 2.66. The van der Waals surface area contributed by atoms with Crippen LogP contribution in [0.15, 0.2) is 12.1 Å². The quantitative estimate of drug-likeness (QED) is 0.574. The van der Waals surface area contributed by atoms with Crippen molar-refractivity contribution in [3.8, 4) is 0 Å². The molecule has 0 aliphatic rings. The first-order valence-electron chi connectivity index (χ1n) is 6.07. The Kier molecular flexibility index (Phi) is 6.75. The number of nitrogens with one attached hydrogen (secondary N) is 1. The first-order chi connectivity index (χ1) is 8.65. The second kappa shape index (κ2) is 8.11. The van der Waals surface area contributed by atoms with Crippen molar-refractivity contribution in [3.05, 3.63) is 35.1 Å². The van der Waals surface area contributed by atoms with Crippen molar-refractivity contribution < 1.29 is 17.9 Å². The Balaban J connectivity index is 2.25. The highest BCUT2D eigenvalue weighted by molar-refractivity contribution is 5.20. The van der Waals surface area contributed by atoms with Gasteiger partial charge in [-0.2, -0.15) is 0 Å². The van der Waals surface area contributed by atoms with Crippen LogP contribution >= 0.6 is 0 Å². The first kappa shape index (κ1) is 15.0. The van der Waals surface area contributed by atoms with E-state index < -0.39 is 17.5 Å². The molecule has 0 spiro atoms. The van der Waals surface area contributed by atoms with Crippen molar-refractivity contribution in [2.75, 3.05) is 26.3 Å². The second-order valence-electron chi connectivity index (χ2n) is 3.97. The highest BCUT2D eigenvalue weighted by Crippen LogP contribution is 2.14. The normalized spacial score (nSPS) is 10.9. The van der Waals surface area contributed by atoms with Crippen LogP contribution in [0, 0.1) is 17.5 Å². The van der Waals surface area contributed by atoms with E-state index in [1.165, 1.54) is 0 Å². The summed E-state index contributed by atoms with van der Waals surface area (Å²) in [5.41, 5.74) is 0.135. The molecule has 5 heteroatoms. The molecule has 102 valence electrons. The topological polar surface area (TPSA) is 21.3 Å². The van der Waals surface area contributed by atoms with Crippen LogP contribution in [-0.4, -0.2) is 26.3 Å². The van der Waals surface area contributed by atoms with E-state index in [0.29, 0.717) is 12.7 Å². The van der Waals surface area contributed by atoms with Crippen molar-refractivity contribution >= 4 is 0 Å². The fraction of sp³-hybridized carbons (Fsp3) is 0.538. The summed E-state index contributed by atoms with van der Waals surface area (Å²) in [7, 11) is 0. The zero-order valence-corrected chi connectivity index (χ0v) is 10.4. The van der Waals surface area contributed by atoms with Crippen LogP contribution in [0.1, 0.15) is 18.9 Å². The van der Waals surface area contributed by atoms with Gasteiger partial charge in [0.1, 0.15) is 5.82 Å². The van der Waals surface area contributed by atoms with Gasteiger partial charge in [-0.1, -0.05) is 6.92 Å². The molecule has 1 rings (SSSR count). The molecule has 2 nitrogen and oxygen atoms in total. The fourth-order valence-corrected chi connectivity index (χ4v) is 1.49. The molecule has 0 radical (unpaired) electrons. The number of halogens is 3. The summed E-state index contributed by atoms with van der Waals surface area (Å²) >= 11 is 0. The fourth-order valence-electron chi connectivity index (χ4n) is 1.49. The lowest BCUT2D eigenvalue weighted by atomic mass is 10.1. The molecule has 0 amide bonds. The Morgan fingerprint density at radius 1 is 1.00 bits per heavy atom. The Bertz CT molecular complexity index is 371. The molecule has 0 aromatic heterocycles. The van der Waals surface area contributed by atoms with Crippen LogP contribution in [-0.2, 0) is 11.2 Å². The zero-order valence-electron chi connectivity index (χ0n) is 10.4. The number of rotatable bonds is 8. The first-order valence-corrected chi connectivity index (χ1v) is 6.07. The van der Waals surface area contributed by atoms with Gasteiger partial charge in [0.15, 0.2) is 11.6 Å². The predicted molar refractivity (Wildman–Crippen MR) is 64.0 cm³/mol. The van der Waals surface area contributed by atoms with Gasteiger partial charge in [-0.15, -0.1) is 0 Å². The Morgan fingerprint density at radius 2 is 1.72 bits per heavy atom. The molecule has 0 heterocycles. The molecule has 0 aliphatic carbocycles. The molecule has 0 bridgehead atoms. The summed E-state index contributed by atoms with van der Waals surface area (Å²) in [5, 5.41) is 3.15. The summed E-state index contributed by atoms with van der Waals surface area (Å²) in [6.07, 6.45) is 1.29. The van der Waals surface area contributed by atoms with Crippen molar-refractivity contribution in [1.82, 2.24) is 5.32 Å². The van der Waals surface area contributed by atoms with Gasteiger partial charge in [-0.3, -0.25) is 0 Å². The monoisotopic (exact) mass is 261 g/mol. The molecule has 0 fully saturated rings. The van der Waals surface area contributed by atoms with Gasteiger partial charge in [0.2, 0.25) is 0 Å². The minimum absolute atomic E-state index is 0.135. The average Bonchev–Trinajstić information content (AvgIpc) is 2.34. The summed E-state index contributed by atoms with van der Waals surface area (Å²) in [5.74, 6) is -2.93. The van der Waals surface area contributed by atoms with Crippen LogP contribution in [0.4, 0.5) is 13.2 Å². The molecule has 1 aromatic carbocycles. The van der Waals surface area contributed by atoms with Crippen molar-refractivity contribution in [3.63, 3.8) is 0 Å². The lowest BCUT2D eigenvalue weighted by molar-refractivity contribution is 0.138. The largest absolute Gasteiger partial charge is 0.380 e. The molecular weight excluding hydrogens is 243 g/mol. The van der Waals surface area contributed by atoms with Gasteiger partial charge in [0, 0.05) is 12.6 Å². The second-order valence-corrected chi connectivity index (χ2v) is 3.97. The van der Waals surface area contributed by atoms with Gasteiger partial charge < -0.3 is 10.1 Å². The van der Waals surface area contributed by atoms with Gasteiger partial charge in [0.25, 0.3) is 0 Å². The van der Waals surface area contributed by atoms with Gasteiger partial charge >= 0.3 is 0 Å². The van der Waals surface area contributed by atoms with Crippen LogP contribution in [0.2, 0.25) is 0 Å². The molecule has 0 saturated heterocycles. The highest BCUT2D eigenvalue weighted by Gasteiger charge is 2.09. The Hall–Kier alpha value is -1.07. The van der Waals surface area contributed by atoms with E-state index >= 15 is 0 Å². The molecule has 0 aliphatic heterocycles. The molecule has 18 heavy (non-hydrogen) atoms. The highest BCUT2D eigenvalue weighted by atomic mass is 19.2. The van der Waals surface area contributed by atoms with E-state index in [9.17, 15) is 13.2 Å². The van der Waals surface area contributed by atoms with E-state index in [4.69, 9.17) is 4.74 Å². The number of ether oxygens (including phenoxy) is 1. The molecule has 0 saturated carbocycles. The minimum Gasteiger partial charge on any atom is -0.380 e. The SMILES string of the molecule is CCCNCCOCCc1cc(F)c(F)cc1F. The van der Waals surface area contributed by atoms with Crippen LogP contribution < -0.4 is 5.32 Å². The maximum absolute atomic E-state index is 13.2. The zero-order chi connectivity index (χ0) is 13.4. The Morgan fingerprint density at radius 3 is 2.44 bits per heavy atom. The molecule has 0 atom stereocenters.